The zero-order valence-corrected chi connectivity index (χ0v) is 13.2. The number of esters is 1. The summed E-state index contributed by atoms with van der Waals surface area (Å²) in [4.78, 5) is 13.1. The van der Waals surface area contributed by atoms with Gasteiger partial charge in [-0.25, -0.2) is 4.79 Å². The van der Waals surface area contributed by atoms with E-state index in [1.807, 2.05) is 25.1 Å². The summed E-state index contributed by atoms with van der Waals surface area (Å²) in [5.74, 6) is -0.0292. The van der Waals surface area contributed by atoms with Crippen LogP contribution < -0.4 is 0 Å². The van der Waals surface area contributed by atoms with Gasteiger partial charge in [0.2, 0.25) is 0 Å². The second-order valence-electron chi connectivity index (χ2n) is 5.05. The molecule has 3 nitrogen and oxygen atoms in total. The van der Waals surface area contributed by atoms with E-state index in [9.17, 15) is 9.90 Å². The van der Waals surface area contributed by atoms with Gasteiger partial charge in [0, 0.05) is 9.58 Å². The standard InChI is InChI=1S/C18H16O3S/c1-3-21-18(20)15-6-4-5-12-10-16(22-17(12)15)14-8-7-13(19)9-11(14)2/h4-10,19H,3H2,1-2H3. The van der Waals surface area contributed by atoms with E-state index in [0.717, 1.165) is 26.1 Å². The largest absolute Gasteiger partial charge is 0.508 e. The lowest BCUT2D eigenvalue weighted by molar-refractivity contribution is 0.0529. The average molecular weight is 312 g/mol. The van der Waals surface area contributed by atoms with Crippen LogP contribution >= 0.6 is 11.3 Å². The number of hydrogen-bond acceptors (Lipinski definition) is 4. The minimum absolute atomic E-state index is 0.259. The van der Waals surface area contributed by atoms with Gasteiger partial charge in [0.25, 0.3) is 0 Å². The summed E-state index contributed by atoms with van der Waals surface area (Å²) in [6, 6.07) is 13.1. The molecule has 4 heteroatoms. The molecule has 0 atom stereocenters. The molecule has 0 aliphatic heterocycles. The van der Waals surface area contributed by atoms with E-state index < -0.39 is 0 Å². The first-order valence-corrected chi connectivity index (χ1v) is 7.91. The van der Waals surface area contributed by atoms with Gasteiger partial charge in [-0.3, -0.25) is 0 Å². The molecule has 0 amide bonds. The maximum Gasteiger partial charge on any atom is 0.339 e. The van der Waals surface area contributed by atoms with Crippen molar-refractivity contribution in [3.63, 3.8) is 0 Å². The molecule has 0 bridgehead atoms. The van der Waals surface area contributed by atoms with Crippen molar-refractivity contribution in [1.29, 1.82) is 0 Å². The van der Waals surface area contributed by atoms with Gasteiger partial charge in [-0.1, -0.05) is 12.1 Å². The fourth-order valence-electron chi connectivity index (χ4n) is 2.49. The number of fused-ring (bicyclic) bond motifs is 1. The van der Waals surface area contributed by atoms with Crippen LogP contribution in [0.25, 0.3) is 20.5 Å². The van der Waals surface area contributed by atoms with Crippen LogP contribution in [0.15, 0.2) is 42.5 Å². The monoisotopic (exact) mass is 312 g/mol. The smallest absolute Gasteiger partial charge is 0.339 e. The van der Waals surface area contributed by atoms with E-state index >= 15 is 0 Å². The van der Waals surface area contributed by atoms with Gasteiger partial charge in [0.1, 0.15) is 5.75 Å². The summed E-state index contributed by atoms with van der Waals surface area (Å²) in [5, 5.41) is 10.6. The number of carbonyl (C=O) groups excluding carboxylic acids is 1. The quantitative estimate of drug-likeness (QED) is 0.709. The number of carbonyl (C=O) groups is 1. The van der Waals surface area contributed by atoms with Crippen molar-refractivity contribution in [2.45, 2.75) is 13.8 Å². The number of aryl methyl sites for hydroxylation is 1. The van der Waals surface area contributed by atoms with Crippen molar-refractivity contribution < 1.29 is 14.6 Å². The van der Waals surface area contributed by atoms with Crippen molar-refractivity contribution in [1.82, 2.24) is 0 Å². The SMILES string of the molecule is CCOC(=O)c1cccc2cc(-c3ccc(O)cc3C)sc12. The third-order valence-corrected chi connectivity index (χ3v) is 4.73. The zero-order valence-electron chi connectivity index (χ0n) is 12.4. The highest BCUT2D eigenvalue weighted by Gasteiger charge is 2.15. The van der Waals surface area contributed by atoms with Gasteiger partial charge >= 0.3 is 5.97 Å². The molecule has 0 aliphatic carbocycles. The van der Waals surface area contributed by atoms with E-state index in [1.165, 1.54) is 0 Å². The molecule has 1 N–H and O–H groups in total. The third kappa shape index (κ3) is 2.57. The number of hydrogen-bond donors (Lipinski definition) is 1. The van der Waals surface area contributed by atoms with Crippen LogP contribution in [-0.4, -0.2) is 17.7 Å². The van der Waals surface area contributed by atoms with Crippen LogP contribution in [0.2, 0.25) is 0 Å². The van der Waals surface area contributed by atoms with Crippen LogP contribution in [-0.2, 0) is 4.74 Å². The molecule has 22 heavy (non-hydrogen) atoms. The van der Waals surface area contributed by atoms with Crippen LogP contribution in [0, 0.1) is 6.92 Å². The molecule has 2 aromatic carbocycles. The lowest BCUT2D eigenvalue weighted by Crippen LogP contribution is -2.04. The Labute approximate surface area is 132 Å². The molecule has 0 spiro atoms. The summed E-state index contributed by atoms with van der Waals surface area (Å²) < 4.78 is 6.06. The Bertz CT molecular complexity index is 849. The van der Waals surface area contributed by atoms with Crippen molar-refractivity contribution in [3.05, 3.63) is 53.6 Å². The summed E-state index contributed by atoms with van der Waals surface area (Å²) >= 11 is 1.57. The van der Waals surface area contributed by atoms with Gasteiger partial charge in [-0.2, -0.15) is 0 Å². The highest BCUT2D eigenvalue weighted by atomic mass is 32.1. The predicted octanol–water partition coefficient (Wildman–Crippen LogP) is 4.76. The van der Waals surface area contributed by atoms with Crippen molar-refractivity contribution in [2.24, 2.45) is 0 Å². The fraction of sp³-hybridized carbons (Fsp3) is 0.167. The van der Waals surface area contributed by atoms with E-state index in [1.54, 1.807) is 36.5 Å². The van der Waals surface area contributed by atoms with Crippen LogP contribution in [0.5, 0.6) is 5.75 Å². The van der Waals surface area contributed by atoms with E-state index in [0.29, 0.717) is 12.2 Å². The van der Waals surface area contributed by atoms with Gasteiger partial charge in [0.05, 0.1) is 12.2 Å². The van der Waals surface area contributed by atoms with Crippen LogP contribution in [0.1, 0.15) is 22.8 Å². The molecular weight excluding hydrogens is 296 g/mol. The molecule has 0 radical (unpaired) electrons. The van der Waals surface area contributed by atoms with E-state index in [4.69, 9.17) is 4.74 Å². The molecule has 0 unspecified atom stereocenters. The Kier molecular flexibility index (Phi) is 3.86. The molecule has 0 aliphatic rings. The number of aromatic hydroxyl groups is 1. The Hall–Kier alpha value is -2.33. The molecule has 0 saturated carbocycles. The Morgan fingerprint density at radius 2 is 2.05 bits per heavy atom. The Balaban J connectivity index is 2.14. The normalized spacial score (nSPS) is 10.8. The minimum Gasteiger partial charge on any atom is -0.508 e. The molecule has 112 valence electrons. The second kappa shape index (κ2) is 5.81. The summed E-state index contributed by atoms with van der Waals surface area (Å²) in [6.07, 6.45) is 0. The lowest BCUT2D eigenvalue weighted by atomic mass is 10.1. The maximum atomic E-state index is 12.1. The Morgan fingerprint density at radius 1 is 1.23 bits per heavy atom. The van der Waals surface area contributed by atoms with Gasteiger partial charge in [-0.05, 0) is 60.7 Å². The molecule has 1 aromatic heterocycles. The number of phenolic OH excluding ortho intramolecular Hbond substituents is 1. The van der Waals surface area contributed by atoms with Gasteiger partial charge in [0.15, 0.2) is 0 Å². The summed E-state index contributed by atoms with van der Waals surface area (Å²) in [5.41, 5.74) is 2.67. The number of rotatable bonds is 3. The third-order valence-electron chi connectivity index (χ3n) is 3.51. The number of ether oxygens (including phenoxy) is 1. The van der Waals surface area contributed by atoms with E-state index in [-0.39, 0.29) is 11.7 Å². The number of benzene rings is 2. The van der Waals surface area contributed by atoms with Crippen molar-refractivity contribution >= 4 is 27.4 Å². The van der Waals surface area contributed by atoms with Gasteiger partial charge in [-0.15, -0.1) is 11.3 Å². The molecule has 3 aromatic rings. The Morgan fingerprint density at radius 3 is 2.77 bits per heavy atom. The maximum absolute atomic E-state index is 12.1. The van der Waals surface area contributed by atoms with Crippen molar-refractivity contribution in [2.75, 3.05) is 6.61 Å². The average Bonchev–Trinajstić information content (AvgIpc) is 2.90. The van der Waals surface area contributed by atoms with Crippen LogP contribution in [0.4, 0.5) is 0 Å². The first kappa shape index (κ1) is 14.6. The fourth-order valence-corrected chi connectivity index (χ4v) is 3.74. The molecule has 0 saturated heterocycles. The molecule has 0 fully saturated rings. The molecule has 1 heterocycles. The van der Waals surface area contributed by atoms with E-state index in [2.05, 4.69) is 6.07 Å². The highest BCUT2D eigenvalue weighted by Crippen LogP contribution is 2.37. The lowest BCUT2D eigenvalue weighted by Gasteiger charge is -2.03. The second-order valence-corrected chi connectivity index (χ2v) is 6.11. The van der Waals surface area contributed by atoms with Gasteiger partial charge < -0.3 is 9.84 Å². The first-order valence-electron chi connectivity index (χ1n) is 7.10. The minimum atomic E-state index is -0.288. The zero-order chi connectivity index (χ0) is 15.7. The highest BCUT2D eigenvalue weighted by molar-refractivity contribution is 7.22. The topological polar surface area (TPSA) is 46.5 Å². The van der Waals surface area contributed by atoms with Crippen molar-refractivity contribution in [3.8, 4) is 16.2 Å². The first-order chi connectivity index (χ1) is 10.6. The number of thiophene rings is 1. The number of phenols is 1. The predicted molar refractivity (Wildman–Crippen MR) is 89.6 cm³/mol. The molecular formula is C18H16O3S. The summed E-state index contributed by atoms with van der Waals surface area (Å²) in [7, 11) is 0. The molecule has 3 rings (SSSR count). The van der Waals surface area contributed by atoms with Crippen LogP contribution in [0.3, 0.4) is 0 Å². The summed E-state index contributed by atoms with van der Waals surface area (Å²) in [6.45, 7) is 4.13.